The number of carbonyl (C=O) groups excluding carboxylic acids is 1. The normalized spacial score (nSPS) is 18.9. The van der Waals surface area contributed by atoms with Crippen LogP contribution in [0.4, 0.5) is 0 Å². The molecule has 0 radical (unpaired) electrons. The Labute approximate surface area is 147 Å². The van der Waals surface area contributed by atoms with E-state index in [4.69, 9.17) is 9.84 Å². The average Bonchev–Trinajstić information content (AvgIpc) is 3.08. The molecule has 5 heteroatoms. The van der Waals surface area contributed by atoms with Crippen molar-refractivity contribution in [2.75, 3.05) is 6.61 Å². The molecule has 25 heavy (non-hydrogen) atoms. The van der Waals surface area contributed by atoms with E-state index in [9.17, 15) is 4.79 Å². The van der Waals surface area contributed by atoms with E-state index < -0.39 is 0 Å². The third kappa shape index (κ3) is 5.16. The molecule has 0 saturated carbocycles. The van der Waals surface area contributed by atoms with E-state index in [-0.39, 0.29) is 24.5 Å². The first-order valence-corrected chi connectivity index (χ1v) is 8.42. The third-order valence-corrected chi connectivity index (χ3v) is 4.14. The molecule has 2 atom stereocenters. The van der Waals surface area contributed by atoms with E-state index in [1.54, 1.807) is 12.4 Å². The van der Waals surface area contributed by atoms with Crippen molar-refractivity contribution in [3.8, 4) is 5.75 Å². The van der Waals surface area contributed by atoms with Crippen LogP contribution in [0.25, 0.3) is 0 Å². The molecule has 0 fully saturated rings. The Morgan fingerprint density at radius 1 is 1.24 bits per heavy atom. The zero-order chi connectivity index (χ0) is 17.5. The molecule has 5 nitrogen and oxygen atoms in total. The molecule has 0 unspecified atom stereocenters. The minimum Gasteiger partial charge on any atom is -0.489 e. The molecule has 1 aromatic carbocycles. The highest BCUT2D eigenvalue weighted by atomic mass is 16.5. The Morgan fingerprint density at radius 3 is 2.88 bits per heavy atom. The molecular weight excluding hydrogens is 316 g/mol. The number of aliphatic hydroxyl groups excluding tert-OH is 1. The quantitative estimate of drug-likeness (QED) is 0.760. The van der Waals surface area contributed by atoms with Gasteiger partial charge in [-0.25, -0.2) is 0 Å². The third-order valence-electron chi connectivity index (χ3n) is 4.14. The predicted molar refractivity (Wildman–Crippen MR) is 95.0 cm³/mol. The van der Waals surface area contributed by atoms with Crippen molar-refractivity contribution in [2.24, 2.45) is 5.92 Å². The van der Waals surface area contributed by atoms with Gasteiger partial charge < -0.3 is 15.2 Å². The van der Waals surface area contributed by atoms with Gasteiger partial charge in [0.2, 0.25) is 5.91 Å². The minimum absolute atomic E-state index is 0.00895. The van der Waals surface area contributed by atoms with Gasteiger partial charge in [0.1, 0.15) is 12.4 Å². The Balaban J connectivity index is 1.51. The lowest BCUT2D eigenvalue weighted by atomic mass is 10.1. The van der Waals surface area contributed by atoms with Gasteiger partial charge in [-0.2, -0.15) is 0 Å². The zero-order valence-corrected chi connectivity index (χ0v) is 14.0. The van der Waals surface area contributed by atoms with Crippen molar-refractivity contribution in [2.45, 2.75) is 25.5 Å². The maximum atomic E-state index is 12.2. The van der Waals surface area contributed by atoms with Crippen LogP contribution in [0.1, 0.15) is 17.5 Å². The van der Waals surface area contributed by atoms with E-state index in [1.165, 1.54) is 0 Å². The second kappa shape index (κ2) is 8.44. The minimum atomic E-state index is -0.0300. The molecule has 0 saturated heterocycles. The van der Waals surface area contributed by atoms with E-state index in [0.717, 1.165) is 23.3 Å². The van der Waals surface area contributed by atoms with Crippen molar-refractivity contribution in [3.05, 3.63) is 72.1 Å². The van der Waals surface area contributed by atoms with Crippen LogP contribution in [-0.2, 0) is 17.8 Å². The Hall–Kier alpha value is -2.66. The lowest BCUT2D eigenvalue weighted by molar-refractivity contribution is -0.120. The first kappa shape index (κ1) is 17.2. The summed E-state index contributed by atoms with van der Waals surface area (Å²) in [6.07, 6.45) is 8.47. The summed E-state index contributed by atoms with van der Waals surface area (Å²) < 4.78 is 5.77. The van der Waals surface area contributed by atoms with E-state index in [2.05, 4.69) is 10.3 Å². The number of carbonyl (C=O) groups is 1. The Kier molecular flexibility index (Phi) is 5.80. The topological polar surface area (TPSA) is 71.5 Å². The number of amides is 1. The lowest BCUT2D eigenvalue weighted by Gasteiger charge is -2.13. The highest BCUT2D eigenvalue weighted by Gasteiger charge is 2.19. The van der Waals surface area contributed by atoms with Crippen molar-refractivity contribution >= 4 is 5.91 Å². The molecule has 0 spiro atoms. The van der Waals surface area contributed by atoms with E-state index >= 15 is 0 Å². The summed E-state index contributed by atoms with van der Waals surface area (Å²) in [4.78, 5) is 16.3. The zero-order valence-electron chi connectivity index (χ0n) is 14.0. The van der Waals surface area contributed by atoms with Crippen molar-refractivity contribution in [1.29, 1.82) is 0 Å². The summed E-state index contributed by atoms with van der Waals surface area (Å²) >= 11 is 0. The lowest BCUT2D eigenvalue weighted by Crippen LogP contribution is -2.34. The highest BCUT2D eigenvalue weighted by Crippen LogP contribution is 2.18. The number of nitrogens with zero attached hydrogens (tertiary/aromatic N) is 1. The molecule has 0 aliphatic heterocycles. The number of pyridine rings is 1. The predicted octanol–water partition coefficient (Wildman–Crippen LogP) is 2.26. The van der Waals surface area contributed by atoms with Crippen LogP contribution in [0.2, 0.25) is 0 Å². The maximum Gasteiger partial charge on any atom is 0.224 e. The fraction of sp³-hybridized carbons (Fsp3) is 0.300. The van der Waals surface area contributed by atoms with Gasteiger partial charge >= 0.3 is 0 Å². The molecular formula is C20H22N2O3. The van der Waals surface area contributed by atoms with Crippen molar-refractivity contribution < 1.29 is 14.6 Å². The van der Waals surface area contributed by atoms with Gasteiger partial charge in [0.15, 0.2) is 0 Å². The second-order valence-electron chi connectivity index (χ2n) is 6.21. The molecule has 2 N–H and O–H groups in total. The first-order chi connectivity index (χ1) is 12.2. The van der Waals surface area contributed by atoms with E-state index in [1.807, 2.05) is 48.6 Å². The molecule has 1 amide bonds. The summed E-state index contributed by atoms with van der Waals surface area (Å²) in [5.41, 5.74) is 1.90. The van der Waals surface area contributed by atoms with Crippen LogP contribution in [0.3, 0.4) is 0 Å². The fourth-order valence-electron chi connectivity index (χ4n) is 2.86. The van der Waals surface area contributed by atoms with Gasteiger partial charge in [0, 0.05) is 36.5 Å². The Morgan fingerprint density at radius 2 is 2.12 bits per heavy atom. The fourth-order valence-corrected chi connectivity index (χ4v) is 2.86. The van der Waals surface area contributed by atoms with Gasteiger partial charge in [0.05, 0.1) is 6.42 Å². The summed E-state index contributed by atoms with van der Waals surface area (Å²) in [6, 6.07) is 11.4. The molecule has 130 valence electrons. The Bertz CT molecular complexity index is 731. The van der Waals surface area contributed by atoms with Gasteiger partial charge in [-0.1, -0.05) is 30.4 Å². The number of nitrogens with one attached hydrogen (secondary N) is 1. The second-order valence-corrected chi connectivity index (χ2v) is 6.21. The number of ether oxygens (including phenoxy) is 1. The van der Waals surface area contributed by atoms with Gasteiger partial charge in [-0.3, -0.25) is 9.78 Å². The molecule has 3 rings (SSSR count). The number of benzene rings is 1. The molecule has 2 aromatic rings. The summed E-state index contributed by atoms with van der Waals surface area (Å²) in [6.45, 7) is 0.568. The molecule has 1 heterocycles. The number of aliphatic hydroxyl groups is 1. The van der Waals surface area contributed by atoms with Crippen LogP contribution in [0.5, 0.6) is 5.75 Å². The highest BCUT2D eigenvalue weighted by molar-refractivity contribution is 5.79. The largest absolute Gasteiger partial charge is 0.489 e. The summed E-state index contributed by atoms with van der Waals surface area (Å²) in [7, 11) is 0. The summed E-state index contributed by atoms with van der Waals surface area (Å²) in [5, 5.41) is 12.1. The maximum absolute atomic E-state index is 12.2. The molecule has 1 aromatic heterocycles. The smallest absolute Gasteiger partial charge is 0.224 e. The monoisotopic (exact) mass is 338 g/mol. The van der Waals surface area contributed by atoms with Crippen LogP contribution in [-0.4, -0.2) is 28.6 Å². The van der Waals surface area contributed by atoms with Gasteiger partial charge in [-0.15, -0.1) is 0 Å². The van der Waals surface area contributed by atoms with Crippen LogP contribution in [0.15, 0.2) is 60.9 Å². The number of hydrogen-bond acceptors (Lipinski definition) is 4. The molecule has 1 aliphatic rings. The molecule has 1 aliphatic carbocycles. The first-order valence-electron chi connectivity index (χ1n) is 8.42. The number of rotatable bonds is 7. The number of aromatic nitrogens is 1. The summed E-state index contributed by atoms with van der Waals surface area (Å²) in [5.74, 6) is 0.849. The number of hydrogen-bond donors (Lipinski definition) is 2. The van der Waals surface area contributed by atoms with Crippen LogP contribution >= 0.6 is 0 Å². The van der Waals surface area contributed by atoms with Crippen molar-refractivity contribution in [1.82, 2.24) is 10.3 Å². The van der Waals surface area contributed by atoms with Crippen molar-refractivity contribution in [3.63, 3.8) is 0 Å². The van der Waals surface area contributed by atoms with Crippen LogP contribution in [0, 0.1) is 5.92 Å². The van der Waals surface area contributed by atoms with Crippen LogP contribution < -0.4 is 10.1 Å². The van der Waals surface area contributed by atoms with Gasteiger partial charge in [-0.05, 0) is 30.2 Å². The standard InChI is InChI=1S/C20H22N2O3/c23-13-16-6-7-18(9-16)22-20(24)11-15-3-1-5-19(10-15)25-14-17-4-2-8-21-12-17/h1-8,10,12,16,18,23H,9,11,13-14H2,(H,22,24)/t16-,18+/m0/s1. The van der Waals surface area contributed by atoms with E-state index in [0.29, 0.717) is 13.0 Å². The van der Waals surface area contributed by atoms with Gasteiger partial charge in [0.25, 0.3) is 0 Å². The average molecular weight is 338 g/mol. The molecule has 0 bridgehead atoms. The SMILES string of the molecule is O=C(Cc1cccc(OCc2cccnc2)c1)N[C@@H]1C=C[C@H](CO)C1.